The average Bonchev–Trinajstić information content (AvgIpc) is 4.33. The van der Waals surface area contributed by atoms with E-state index >= 15 is 0 Å². The Morgan fingerprint density at radius 3 is 1.28 bits per heavy atom. The third-order valence-corrected chi connectivity index (χ3v) is 19.6. The number of nitrogens with zero attached hydrogens (tertiary/aromatic N) is 6. The van der Waals surface area contributed by atoms with Gasteiger partial charge in [-0.25, -0.2) is 15.0 Å². The molecular weight excluding hydrogens is 1090 g/mol. The first kappa shape index (κ1) is 50.7. The first-order chi connectivity index (χ1) is 39.1. The highest BCUT2D eigenvalue weighted by Crippen LogP contribution is 2.47. The molecule has 0 bridgehead atoms. The summed E-state index contributed by atoms with van der Waals surface area (Å²) < 4.78 is 52.9. The quantitative estimate of drug-likeness (QED) is 0.123. The van der Waals surface area contributed by atoms with Crippen LogP contribution in [0.3, 0.4) is 0 Å². The lowest BCUT2D eigenvalue weighted by molar-refractivity contribution is 0.00578. The van der Waals surface area contributed by atoms with E-state index in [0.717, 1.165) is 139 Å². The molecule has 9 aromatic carbocycles. The molecule has 0 saturated carbocycles. The molecule has 4 aliphatic rings. The smallest absolute Gasteiger partial charge is 0.453 e. The number of para-hydroxylation sites is 3. The number of hydrogen-bond donors (Lipinski definition) is 0. The minimum atomic E-state index is -3.00. The fourth-order valence-corrected chi connectivity index (χ4v) is 14.3. The normalized spacial score (nSPS) is 14.6. The summed E-state index contributed by atoms with van der Waals surface area (Å²) in [5, 5.41) is 2.47. The molecule has 81 heavy (non-hydrogen) atoms. The lowest BCUT2D eigenvalue weighted by atomic mass is 9.79. The Kier molecular flexibility index (Phi) is 11.9. The van der Waals surface area contributed by atoms with Crippen molar-refractivity contribution in [3.8, 4) is 62.7 Å². The highest BCUT2D eigenvalue weighted by molar-refractivity contribution is 9.10. The molecule has 398 valence electrons. The summed E-state index contributed by atoms with van der Waals surface area (Å²) in [6.07, 6.45) is 0. The summed E-state index contributed by atoms with van der Waals surface area (Å²) in [5.41, 5.74) is 11.2. The third-order valence-electron chi connectivity index (χ3n) is 16.0. The van der Waals surface area contributed by atoms with Gasteiger partial charge in [0.25, 0.3) is 0 Å². The van der Waals surface area contributed by atoms with E-state index < -0.39 is 14.3 Å². The standard InChI is InChI=1S/C32H23N2O2P.C20H21BN2O3.C14H9BrN2O/c1-22-33-28-13-8-14-30-32(28)34(22)29-20-17-24(21-31(29)36-30)23-15-18-27(19-16-23)37(35,25-9-4-2-5-10-25)26-11-6-3-7-12-26;1-12-22-14-7-6-8-16-18(14)23(12)15-10-9-13(11-17(15)24-16)21-25-19(2,3)20(4,5)26-21;1-8-16-10-3-2-4-12-14(10)17(8)11-6-5-9(15)7-13(11)18-12/h2-21H,1H3;6-11H,1-5H3;2-7H,1H3. The number of ether oxygens (including phenoxy) is 3. The Balaban J connectivity index is 0.000000116. The van der Waals surface area contributed by atoms with E-state index in [-0.39, 0.29) is 11.2 Å². The van der Waals surface area contributed by atoms with Crippen LogP contribution in [0.1, 0.15) is 45.2 Å². The summed E-state index contributed by atoms with van der Waals surface area (Å²) >= 11 is 3.47. The van der Waals surface area contributed by atoms with Gasteiger partial charge < -0.3 is 28.1 Å². The zero-order chi connectivity index (χ0) is 55.5. The van der Waals surface area contributed by atoms with Crippen LogP contribution in [0, 0.1) is 20.8 Å². The van der Waals surface area contributed by atoms with Gasteiger partial charge in [0.05, 0.1) is 44.8 Å². The Morgan fingerprint density at radius 2 is 0.815 bits per heavy atom. The van der Waals surface area contributed by atoms with Crippen LogP contribution >= 0.6 is 23.1 Å². The molecule has 12 aromatic rings. The van der Waals surface area contributed by atoms with Crippen LogP contribution in [0.4, 0.5) is 0 Å². The van der Waals surface area contributed by atoms with Crippen molar-refractivity contribution >= 4 is 84.7 Å². The number of aromatic nitrogens is 6. The van der Waals surface area contributed by atoms with Crippen LogP contribution in [0.25, 0.3) is 61.3 Å². The highest BCUT2D eigenvalue weighted by Gasteiger charge is 2.52. The third kappa shape index (κ3) is 8.34. The maximum Gasteiger partial charge on any atom is 0.494 e. The zero-order valence-corrected chi connectivity index (χ0v) is 48.0. The topological polar surface area (TPSA) is 117 Å². The van der Waals surface area contributed by atoms with Crippen molar-refractivity contribution in [2.75, 3.05) is 0 Å². The summed E-state index contributed by atoms with van der Waals surface area (Å²) in [4.78, 5) is 13.9. The monoisotopic (exact) mass is 1150 g/mol. The zero-order valence-electron chi connectivity index (χ0n) is 45.5. The van der Waals surface area contributed by atoms with Crippen molar-refractivity contribution in [2.24, 2.45) is 0 Å². The molecule has 0 aliphatic carbocycles. The van der Waals surface area contributed by atoms with Crippen molar-refractivity contribution in [1.29, 1.82) is 0 Å². The van der Waals surface area contributed by atoms with E-state index in [1.54, 1.807) is 0 Å². The molecule has 16 rings (SSSR count). The predicted molar refractivity (Wildman–Crippen MR) is 326 cm³/mol. The van der Waals surface area contributed by atoms with Gasteiger partial charge in [0.2, 0.25) is 0 Å². The van der Waals surface area contributed by atoms with Gasteiger partial charge in [-0.05, 0) is 144 Å². The van der Waals surface area contributed by atoms with Gasteiger partial charge >= 0.3 is 7.12 Å². The second-order valence-corrected chi connectivity index (χ2v) is 25.3. The molecule has 1 fully saturated rings. The first-order valence-electron chi connectivity index (χ1n) is 26.9. The van der Waals surface area contributed by atoms with Gasteiger partial charge in [-0.1, -0.05) is 131 Å². The molecule has 12 nitrogen and oxygen atoms in total. The number of imidazole rings is 3. The van der Waals surface area contributed by atoms with Gasteiger partial charge in [0, 0.05) is 20.4 Å². The molecule has 0 atom stereocenters. The van der Waals surface area contributed by atoms with Crippen LogP contribution < -0.4 is 35.6 Å². The minimum absolute atomic E-state index is 0.367. The lowest BCUT2D eigenvalue weighted by Gasteiger charge is -2.32. The Bertz CT molecular complexity index is 4500. The maximum atomic E-state index is 14.6. The van der Waals surface area contributed by atoms with Crippen molar-refractivity contribution in [2.45, 2.75) is 59.7 Å². The number of halogens is 1. The van der Waals surface area contributed by atoms with Crippen LogP contribution in [-0.2, 0) is 13.9 Å². The largest absolute Gasteiger partial charge is 0.494 e. The molecule has 0 N–H and O–H groups in total. The van der Waals surface area contributed by atoms with Crippen molar-refractivity contribution in [3.05, 3.63) is 216 Å². The van der Waals surface area contributed by atoms with Gasteiger partial charge in [-0.3, -0.25) is 13.7 Å². The van der Waals surface area contributed by atoms with Crippen LogP contribution in [0.2, 0.25) is 0 Å². The van der Waals surface area contributed by atoms with E-state index in [1.807, 2.05) is 191 Å². The van der Waals surface area contributed by atoms with Gasteiger partial charge in [0.15, 0.2) is 41.6 Å². The van der Waals surface area contributed by atoms with Crippen molar-refractivity contribution in [3.63, 3.8) is 0 Å². The van der Waals surface area contributed by atoms with Crippen molar-refractivity contribution < 1.29 is 28.1 Å². The number of hydrogen-bond acceptors (Lipinski definition) is 9. The Labute approximate surface area is 477 Å². The lowest BCUT2D eigenvalue weighted by Crippen LogP contribution is -2.41. The second kappa shape index (κ2) is 19.1. The van der Waals surface area contributed by atoms with E-state index in [0.29, 0.717) is 0 Å². The summed E-state index contributed by atoms with van der Waals surface area (Å²) in [6, 6.07) is 63.9. The first-order valence-corrected chi connectivity index (χ1v) is 29.4. The van der Waals surface area contributed by atoms with E-state index in [1.165, 1.54) is 0 Å². The fraction of sp³-hybridized carbons (Fsp3) is 0.136. The fourth-order valence-electron chi connectivity index (χ4n) is 11.3. The van der Waals surface area contributed by atoms with E-state index in [4.69, 9.17) is 28.5 Å². The van der Waals surface area contributed by atoms with Crippen LogP contribution in [-0.4, -0.2) is 47.0 Å². The summed E-state index contributed by atoms with van der Waals surface area (Å²) in [7, 11) is -3.41. The van der Waals surface area contributed by atoms with Crippen LogP contribution in [0.15, 0.2) is 199 Å². The molecule has 4 aliphatic heterocycles. The van der Waals surface area contributed by atoms with Gasteiger partial charge in [0.1, 0.15) is 34.0 Å². The average molecular weight is 1150 g/mol. The Hall–Kier alpha value is -8.52. The molecule has 1 saturated heterocycles. The van der Waals surface area contributed by atoms with Gasteiger partial charge in [-0.2, -0.15) is 0 Å². The van der Waals surface area contributed by atoms with E-state index in [9.17, 15) is 4.57 Å². The SMILES string of the molecule is Cc1nc2cccc3c2n1-c1ccc(-c2ccc(P(=O)(c4ccccc4)c4ccccc4)cc2)cc1O3.Cc1nc2cccc3c2n1-c1ccc(B2OC(C)(C)C(C)(C)O2)cc1O3.Cc1nc2cccc3c2n1-c1ccc(Br)cc1O3. The number of rotatable bonds is 5. The second-order valence-electron chi connectivity index (χ2n) is 21.6. The van der Waals surface area contributed by atoms with Crippen LogP contribution in [0.5, 0.6) is 34.5 Å². The minimum Gasteiger partial charge on any atom is -0.453 e. The maximum absolute atomic E-state index is 14.6. The highest BCUT2D eigenvalue weighted by atomic mass is 79.9. The number of aryl methyl sites for hydroxylation is 3. The van der Waals surface area contributed by atoms with Crippen molar-refractivity contribution in [1.82, 2.24) is 28.7 Å². The molecule has 15 heteroatoms. The molecule has 3 aromatic heterocycles. The number of benzene rings is 9. The molecule has 7 heterocycles. The number of fused-ring (bicyclic) bond motifs is 6. The van der Waals surface area contributed by atoms with E-state index in [2.05, 4.69) is 91.6 Å². The Morgan fingerprint density at radius 1 is 0.420 bits per heavy atom. The molecule has 0 spiro atoms. The molecule has 0 radical (unpaired) electrons. The summed E-state index contributed by atoms with van der Waals surface area (Å²) in [5.74, 6) is 7.78. The predicted octanol–water partition coefficient (Wildman–Crippen LogP) is 14.7. The molecular formula is C66H53BBrN6O6P. The summed E-state index contributed by atoms with van der Waals surface area (Å²) in [6.45, 7) is 14.3. The molecule has 0 amide bonds. The van der Waals surface area contributed by atoms with Gasteiger partial charge in [-0.15, -0.1) is 0 Å². The molecule has 0 unspecified atom stereocenters.